The Morgan fingerprint density at radius 1 is 1.62 bits per heavy atom. The van der Waals surface area contributed by atoms with Gasteiger partial charge in [-0.25, -0.2) is 0 Å². The molecule has 0 rings (SSSR count). The molecule has 0 unspecified atom stereocenters. The standard InChI is InChI=1S/C6H12OSe/c1-2-5-8-6-3-4-7/h2,7H,1,3-6H2. The zero-order valence-corrected chi connectivity index (χ0v) is 6.68. The number of aliphatic hydroxyl groups is 1. The van der Waals surface area contributed by atoms with Gasteiger partial charge in [0, 0.05) is 0 Å². The molecule has 0 radical (unpaired) electrons. The van der Waals surface area contributed by atoms with Gasteiger partial charge in [0.05, 0.1) is 0 Å². The Balaban J connectivity index is 2.62. The molecule has 0 fully saturated rings. The topological polar surface area (TPSA) is 20.2 Å². The van der Waals surface area contributed by atoms with Crippen LogP contribution in [0.25, 0.3) is 0 Å². The van der Waals surface area contributed by atoms with Gasteiger partial charge in [0.25, 0.3) is 0 Å². The van der Waals surface area contributed by atoms with E-state index in [0.717, 1.165) is 11.7 Å². The fourth-order valence-electron chi connectivity index (χ4n) is 0.333. The van der Waals surface area contributed by atoms with E-state index in [1.165, 1.54) is 5.32 Å². The Morgan fingerprint density at radius 2 is 2.38 bits per heavy atom. The van der Waals surface area contributed by atoms with Gasteiger partial charge in [-0.2, -0.15) is 0 Å². The van der Waals surface area contributed by atoms with Crippen LogP contribution >= 0.6 is 0 Å². The Bertz CT molecular complexity index is 54.5. The third-order valence-electron chi connectivity index (χ3n) is 0.682. The van der Waals surface area contributed by atoms with Gasteiger partial charge in [-0.1, -0.05) is 0 Å². The first-order chi connectivity index (χ1) is 3.91. The first-order valence-corrected chi connectivity index (χ1v) is 5.13. The second kappa shape index (κ2) is 7.22. The minimum absolute atomic E-state index is 0.346. The molecule has 0 heterocycles. The summed E-state index contributed by atoms with van der Waals surface area (Å²) in [6.45, 7) is 3.96. The van der Waals surface area contributed by atoms with Crippen LogP contribution in [-0.4, -0.2) is 26.7 Å². The number of aliphatic hydroxyl groups excluding tert-OH is 1. The van der Waals surface area contributed by atoms with Gasteiger partial charge in [-0.3, -0.25) is 0 Å². The molecule has 0 saturated heterocycles. The molecular weight excluding hydrogens is 167 g/mol. The average Bonchev–Trinajstić information content (AvgIpc) is 1.81. The summed E-state index contributed by atoms with van der Waals surface area (Å²) in [6, 6.07) is 0. The molecule has 0 saturated carbocycles. The van der Waals surface area contributed by atoms with E-state index >= 15 is 0 Å². The quantitative estimate of drug-likeness (QED) is 0.380. The molecule has 0 aromatic heterocycles. The number of allylic oxidation sites excluding steroid dienone is 1. The number of hydrogen-bond acceptors (Lipinski definition) is 1. The van der Waals surface area contributed by atoms with Gasteiger partial charge in [0.15, 0.2) is 0 Å². The molecule has 48 valence electrons. The van der Waals surface area contributed by atoms with Crippen LogP contribution in [0, 0.1) is 0 Å². The summed E-state index contributed by atoms with van der Waals surface area (Å²) in [5, 5.41) is 10.7. The first kappa shape index (κ1) is 8.22. The molecule has 0 aromatic carbocycles. The average molecular weight is 179 g/mol. The normalized spacial score (nSPS) is 9.12. The maximum atomic E-state index is 8.35. The van der Waals surface area contributed by atoms with Gasteiger partial charge >= 0.3 is 56.4 Å². The van der Waals surface area contributed by atoms with Crippen LogP contribution < -0.4 is 0 Å². The Kier molecular flexibility index (Phi) is 7.42. The molecule has 0 spiro atoms. The third kappa shape index (κ3) is 6.22. The van der Waals surface area contributed by atoms with Crippen LogP contribution in [0.15, 0.2) is 12.7 Å². The van der Waals surface area contributed by atoms with E-state index in [2.05, 4.69) is 6.58 Å². The second-order valence-corrected chi connectivity index (χ2v) is 3.85. The molecule has 0 aliphatic heterocycles. The SMILES string of the molecule is C=CC[Se]CCCO. The van der Waals surface area contributed by atoms with Gasteiger partial charge < -0.3 is 0 Å². The fraction of sp³-hybridized carbons (Fsp3) is 0.667. The molecule has 0 aliphatic rings. The summed E-state index contributed by atoms with van der Waals surface area (Å²) in [5.41, 5.74) is 0. The van der Waals surface area contributed by atoms with Crippen molar-refractivity contribution in [2.75, 3.05) is 6.61 Å². The molecular formula is C6H12OSe. The van der Waals surface area contributed by atoms with Crippen molar-refractivity contribution in [3.8, 4) is 0 Å². The van der Waals surface area contributed by atoms with Crippen LogP contribution in [0.5, 0.6) is 0 Å². The van der Waals surface area contributed by atoms with Crippen LogP contribution in [0.1, 0.15) is 6.42 Å². The summed E-state index contributed by atoms with van der Waals surface area (Å²) in [6.07, 6.45) is 2.91. The van der Waals surface area contributed by atoms with Crippen LogP contribution in [0.4, 0.5) is 0 Å². The van der Waals surface area contributed by atoms with Crippen LogP contribution in [-0.2, 0) is 0 Å². The van der Waals surface area contributed by atoms with E-state index in [9.17, 15) is 0 Å². The van der Waals surface area contributed by atoms with Crippen molar-refractivity contribution in [2.24, 2.45) is 0 Å². The predicted molar refractivity (Wildman–Crippen MR) is 37.3 cm³/mol. The van der Waals surface area contributed by atoms with Crippen molar-refractivity contribution in [3.05, 3.63) is 12.7 Å². The molecule has 0 aliphatic carbocycles. The summed E-state index contributed by atoms with van der Waals surface area (Å²) in [5.74, 6) is 0. The molecule has 2 heteroatoms. The van der Waals surface area contributed by atoms with Gasteiger partial charge in [-0.15, -0.1) is 0 Å². The molecule has 0 atom stereocenters. The summed E-state index contributed by atoms with van der Waals surface area (Å²) in [7, 11) is 0. The van der Waals surface area contributed by atoms with Crippen molar-refractivity contribution >= 4 is 15.0 Å². The molecule has 0 bridgehead atoms. The van der Waals surface area contributed by atoms with Gasteiger partial charge in [0.1, 0.15) is 0 Å². The van der Waals surface area contributed by atoms with Gasteiger partial charge in [-0.05, 0) is 0 Å². The van der Waals surface area contributed by atoms with Crippen molar-refractivity contribution in [1.29, 1.82) is 0 Å². The summed E-state index contributed by atoms with van der Waals surface area (Å²) >= 11 is 0.699. The molecule has 0 aromatic rings. The molecule has 1 nitrogen and oxygen atoms in total. The Hall–Kier alpha value is 0.219. The van der Waals surface area contributed by atoms with E-state index in [4.69, 9.17) is 5.11 Å². The molecule has 0 amide bonds. The summed E-state index contributed by atoms with van der Waals surface area (Å²) < 4.78 is 0. The Labute approximate surface area is 56.9 Å². The maximum absolute atomic E-state index is 8.35. The number of rotatable bonds is 5. The van der Waals surface area contributed by atoms with E-state index in [0.29, 0.717) is 21.6 Å². The third-order valence-corrected chi connectivity index (χ3v) is 2.88. The molecule has 8 heavy (non-hydrogen) atoms. The summed E-state index contributed by atoms with van der Waals surface area (Å²) in [4.78, 5) is 0. The predicted octanol–water partition coefficient (Wildman–Crippen LogP) is 1.10. The first-order valence-electron chi connectivity index (χ1n) is 2.71. The minimum atomic E-state index is 0.346. The second-order valence-electron chi connectivity index (χ2n) is 1.44. The van der Waals surface area contributed by atoms with Crippen molar-refractivity contribution in [3.63, 3.8) is 0 Å². The van der Waals surface area contributed by atoms with Gasteiger partial charge in [0.2, 0.25) is 0 Å². The number of hydrogen-bond donors (Lipinski definition) is 1. The van der Waals surface area contributed by atoms with E-state index < -0.39 is 0 Å². The zero-order chi connectivity index (χ0) is 6.24. The van der Waals surface area contributed by atoms with E-state index in [1.54, 1.807) is 0 Å². The van der Waals surface area contributed by atoms with Crippen molar-refractivity contribution in [1.82, 2.24) is 0 Å². The van der Waals surface area contributed by atoms with Crippen LogP contribution in [0.2, 0.25) is 10.6 Å². The monoisotopic (exact) mass is 180 g/mol. The van der Waals surface area contributed by atoms with Crippen molar-refractivity contribution in [2.45, 2.75) is 17.1 Å². The Morgan fingerprint density at radius 3 is 2.88 bits per heavy atom. The van der Waals surface area contributed by atoms with Crippen molar-refractivity contribution < 1.29 is 5.11 Å². The van der Waals surface area contributed by atoms with E-state index in [1.807, 2.05) is 6.08 Å². The van der Waals surface area contributed by atoms with E-state index in [-0.39, 0.29) is 0 Å². The zero-order valence-electron chi connectivity index (χ0n) is 4.97. The van der Waals surface area contributed by atoms with Crippen LogP contribution in [0.3, 0.4) is 0 Å². The molecule has 1 N–H and O–H groups in total. The fourth-order valence-corrected chi connectivity index (χ4v) is 1.73.